The topological polar surface area (TPSA) is 20.3 Å². The van der Waals surface area contributed by atoms with E-state index in [0.29, 0.717) is 11.8 Å². The Morgan fingerprint density at radius 2 is 1.78 bits per heavy atom. The van der Waals surface area contributed by atoms with Gasteiger partial charge in [0.1, 0.15) is 0 Å². The maximum atomic E-state index is 12.4. The van der Waals surface area contributed by atoms with Gasteiger partial charge in [-0.1, -0.05) is 31.9 Å². The lowest BCUT2D eigenvalue weighted by Gasteiger charge is -2.31. The lowest BCUT2D eigenvalue weighted by atomic mass is 9.98. The number of rotatable bonds is 2. The molecule has 18 heavy (non-hydrogen) atoms. The normalized spacial score (nSPS) is 16.9. The maximum absolute atomic E-state index is 12.4. The van der Waals surface area contributed by atoms with Gasteiger partial charge in [-0.05, 0) is 37.0 Å². The minimum atomic E-state index is 0.102. The van der Waals surface area contributed by atoms with E-state index in [1.54, 1.807) is 0 Å². The number of likely N-dealkylation sites (tertiary alicyclic amines) is 1. The highest BCUT2D eigenvalue weighted by Gasteiger charge is 2.23. The molecule has 0 aliphatic carbocycles. The zero-order valence-corrected chi connectivity index (χ0v) is 13.8. The predicted molar refractivity (Wildman–Crippen MR) is 81.2 cm³/mol. The summed E-state index contributed by atoms with van der Waals surface area (Å²) >= 11 is 12.7. The van der Waals surface area contributed by atoms with Crippen LogP contribution in [0.15, 0.2) is 27.1 Å². The smallest absolute Gasteiger partial charge is 0.253 e. The van der Waals surface area contributed by atoms with Crippen molar-refractivity contribution in [1.29, 1.82) is 0 Å². The highest BCUT2D eigenvalue weighted by molar-refractivity contribution is 9.11. The van der Waals surface area contributed by atoms with Gasteiger partial charge in [-0.15, -0.1) is 11.6 Å². The highest BCUT2D eigenvalue weighted by atomic mass is 79.9. The molecule has 5 heteroatoms. The molecule has 1 fully saturated rings. The molecule has 1 amide bonds. The van der Waals surface area contributed by atoms with Gasteiger partial charge in [-0.25, -0.2) is 0 Å². The number of hydrogen-bond acceptors (Lipinski definition) is 1. The number of hydrogen-bond donors (Lipinski definition) is 0. The molecule has 0 bridgehead atoms. The average Bonchev–Trinajstić information content (AvgIpc) is 2.37. The van der Waals surface area contributed by atoms with E-state index in [-0.39, 0.29) is 5.91 Å². The van der Waals surface area contributed by atoms with Crippen molar-refractivity contribution in [3.63, 3.8) is 0 Å². The lowest BCUT2D eigenvalue weighted by Crippen LogP contribution is -2.38. The van der Waals surface area contributed by atoms with E-state index in [4.69, 9.17) is 11.6 Å². The lowest BCUT2D eigenvalue weighted by molar-refractivity contribution is 0.0698. The molecule has 98 valence electrons. The van der Waals surface area contributed by atoms with Crippen LogP contribution in [-0.4, -0.2) is 29.8 Å². The zero-order chi connectivity index (χ0) is 13.1. The van der Waals surface area contributed by atoms with Gasteiger partial charge in [0.2, 0.25) is 0 Å². The molecule has 1 aliphatic heterocycles. The Hall–Kier alpha value is -0.0600. The maximum Gasteiger partial charge on any atom is 0.253 e. The molecule has 1 saturated heterocycles. The Morgan fingerprint density at radius 3 is 2.28 bits per heavy atom. The summed E-state index contributed by atoms with van der Waals surface area (Å²) in [4.78, 5) is 14.3. The summed E-state index contributed by atoms with van der Waals surface area (Å²) in [6.07, 6.45) is 2.01. The number of carbonyl (C=O) groups is 1. The van der Waals surface area contributed by atoms with E-state index in [0.717, 1.165) is 40.4 Å². The number of benzene rings is 1. The fourth-order valence-electron chi connectivity index (χ4n) is 2.15. The molecule has 0 unspecified atom stereocenters. The molecular weight excluding hydrogens is 381 g/mol. The van der Waals surface area contributed by atoms with Gasteiger partial charge in [0.05, 0.1) is 0 Å². The molecule has 0 N–H and O–H groups in total. The number of amides is 1. The second-order valence-electron chi connectivity index (χ2n) is 4.55. The first-order valence-corrected chi connectivity index (χ1v) is 8.03. The van der Waals surface area contributed by atoms with Crippen LogP contribution in [0, 0.1) is 5.92 Å². The summed E-state index contributed by atoms with van der Waals surface area (Å²) in [5.74, 6) is 1.36. The second-order valence-corrected chi connectivity index (χ2v) is 6.69. The Bertz CT molecular complexity index is 424. The fraction of sp³-hybridized carbons (Fsp3) is 0.462. The Balaban J connectivity index is 2.07. The Morgan fingerprint density at radius 1 is 1.22 bits per heavy atom. The minimum absolute atomic E-state index is 0.102. The molecule has 1 aliphatic rings. The van der Waals surface area contributed by atoms with Crippen molar-refractivity contribution in [2.75, 3.05) is 19.0 Å². The van der Waals surface area contributed by atoms with Crippen LogP contribution >= 0.6 is 43.5 Å². The third-order valence-corrected chi connectivity index (χ3v) is 4.58. The largest absolute Gasteiger partial charge is 0.339 e. The summed E-state index contributed by atoms with van der Waals surface area (Å²) in [6, 6.07) is 5.65. The van der Waals surface area contributed by atoms with Crippen molar-refractivity contribution in [2.45, 2.75) is 12.8 Å². The quantitative estimate of drug-likeness (QED) is 0.684. The monoisotopic (exact) mass is 393 g/mol. The molecule has 2 nitrogen and oxygen atoms in total. The van der Waals surface area contributed by atoms with Crippen molar-refractivity contribution < 1.29 is 4.79 Å². The molecule has 1 aromatic rings. The summed E-state index contributed by atoms with van der Waals surface area (Å²) in [7, 11) is 0. The zero-order valence-electron chi connectivity index (χ0n) is 9.83. The van der Waals surface area contributed by atoms with Crippen molar-refractivity contribution in [3.8, 4) is 0 Å². The van der Waals surface area contributed by atoms with Crippen LogP contribution in [0.4, 0.5) is 0 Å². The van der Waals surface area contributed by atoms with Gasteiger partial charge >= 0.3 is 0 Å². The van der Waals surface area contributed by atoms with Gasteiger partial charge in [0.15, 0.2) is 0 Å². The van der Waals surface area contributed by atoms with E-state index in [2.05, 4.69) is 31.9 Å². The van der Waals surface area contributed by atoms with Crippen LogP contribution < -0.4 is 0 Å². The first-order valence-electron chi connectivity index (χ1n) is 5.91. The predicted octanol–water partition coefficient (Wildman–Crippen LogP) is 4.30. The SMILES string of the molecule is O=C(c1cc(Br)cc(Br)c1)N1CCC(CCl)CC1. The number of alkyl halides is 1. The summed E-state index contributed by atoms with van der Waals surface area (Å²) in [5, 5.41) is 0. The molecule has 0 aromatic heterocycles. The molecule has 0 spiro atoms. The Kier molecular flexibility index (Phi) is 5.10. The third-order valence-electron chi connectivity index (χ3n) is 3.23. The number of halogens is 3. The van der Waals surface area contributed by atoms with Crippen molar-refractivity contribution in [2.24, 2.45) is 5.92 Å². The average molecular weight is 396 g/mol. The number of nitrogens with zero attached hydrogens (tertiary/aromatic N) is 1. The standard InChI is InChI=1S/C13H14Br2ClNO/c14-11-5-10(6-12(15)7-11)13(18)17-3-1-9(8-16)2-4-17/h5-7,9H,1-4,8H2. The van der Waals surface area contributed by atoms with Crippen molar-refractivity contribution >= 4 is 49.4 Å². The van der Waals surface area contributed by atoms with E-state index in [9.17, 15) is 4.79 Å². The van der Waals surface area contributed by atoms with Gasteiger partial charge < -0.3 is 4.90 Å². The molecule has 0 radical (unpaired) electrons. The first-order chi connectivity index (χ1) is 8.60. The van der Waals surface area contributed by atoms with E-state index < -0.39 is 0 Å². The van der Waals surface area contributed by atoms with Crippen LogP contribution in [0.25, 0.3) is 0 Å². The van der Waals surface area contributed by atoms with E-state index in [1.807, 2.05) is 23.1 Å². The molecule has 1 heterocycles. The van der Waals surface area contributed by atoms with E-state index >= 15 is 0 Å². The van der Waals surface area contributed by atoms with E-state index in [1.165, 1.54) is 0 Å². The summed E-state index contributed by atoms with van der Waals surface area (Å²) in [6.45, 7) is 1.61. The molecule has 0 atom stereocenters. The molecule has 2 rings (SSSR count). The summed E-state index contributed by atoms with van der Waals surface area (Å²) in [5.41, 5.74) is 0.723. The van der Waals surface area contributed by atoms with Gasteiger partial charge in [-0.2, -0.15) is 0 Å². The minimum Gasteiger partial charge on any atom is -0.339 e. The highest BCUT2D eigenvalue weighted by Crippen LogP contribution is 2.24. The van der Waals surface area contributed by atoms with Crippen LogP contribution in [0.3, 0.4) is 0 Å². The van der Waals surface area contributed by atoms with Gasteiger partial charge in [0, 0.05) is 33.5 Å². The van der Waals surface area contributed by atoms with Crippen LogP contribution in [-0.2, 0) is 0 Å². The van der Waals surface area contributed by atoms with Crippen LogP contribution in [0.2, 0.25) is 0 Å². The fourth-order valence-corrected chi connectivity index (χ4v) is 3.75. The van der Waals surface area contributed by atoms with Gasteiger partial charge in [0.25, 0.3) is 5.91 Å². The summed E-state index contributed by atoms with van der Waals surface area (Å²) < 4.78 is 1.83. The molecule has 0 saturated carbocycles. The Labute approximate surface area is 129 Å². The van der Waals surface area contributed by atoms with Gasteiger partial charge in [-0.3, -0.25) is 4.79 Å². The molecule has 1 aromatic carbocycles. The van der Waals surface area contributed by atoms with Crippen LogP contribution in [0.5, 0.6) is 0 Å². The first kappa shape index (κ1) is 14.4. The third kappa shape index (κ3) is 3.49. The van der Waals surface area contributed by atoms with Crippen molar-refractivity contribution in [3.05, 3.63) is 32.7 Å². The number of piperidine rings is 1. The molecular formula is C13H14Br2ClNO. The second kappa shape index (κ2) is 6.40. The number of carbonyl (C=O) groups excluding carboxylic acids is 1. The van der Waals surface area contributed by atoms with Crippen molar-refractivity contribution in [1.82, 2.24) is 4.90 Å². The van der Waals surface area contributed by atoms with Crippen LogP contribution in [0.1, 0.15) is 23.2 Å².